The number of carbonyl (C=O) groups is 1. The number of hydrogen-bond donors (Lipinski definition) is 2. The van der Waals surface area contributed by atoms with Gasteiger partial charge in [0, 0.05) is 6.54 Å². The van der Waals surface area contributed by atoms with E-state index in [1.54, 1.807) is 0 Å². The van der Waals surface area contributed by atoms with E-state index < -0.39 is 0 Å². The van der Waals surface area contributed by atoms with Gasteiger partial charge in [-0.2, -0.15) is 5.26 Å². The monoisotopic (exact) mass is 203 g/mol. The Kier molecular flexibility index (Phi) is 4.32. The topological polar surface area (TPSA) is 78.9 Å². The number of rotatable bonds is 4. The molecule has 4 heteroatoms. The highest BCUT2D eigenvalue weighted by molar-refractivity contribution is 5.79. The van der Waals surface area contributed by atoms with E-state index in [0.29, 0.717) is 6.54 Å². The van der Waals surface area contributed by atoms with Crippen molar-refractivity contribution >= 4 is 5.91 Å². The van der Waals surface area contributed by atoms with Crippen LogP contribution in [0.25, 0.3) is 0 Å². The minimum atomic E-state index is -0.155. The number of hydrogen-bond acceptors (Lipinski definition) is 3. The molecule has 1 aromatic rings. The maximum atomic E-state index is 11.3. The van der Waals surface area contributed by atoms with Gasteiger partial charge < -0.3 is 11.1 Å². The summed E-state index contributed by atoms with van der Waals surface area (Å²) in [6, 6.07) is 9.38. The molecule has 0 fully saturated rings. The molecule has 0 aromatic heterocycles. The highest BCUT2D eigenvalue weighted by Gasteiger charge is 2.05. The number of nitrogens with two attached hydrogens (primary N) is 1. The fourth-order valence-electron chi connectivity index (χ4n) is 1.30. The smallest absolute Gasteiger partial charge is 0.225 e. The molecule has 0 bridgehead atoms. The molecule has 1 amide bonds. The Bertz CT molecular complexity index is 382. The maximum Gasteiger partial charge on any atom is 0.225 e. The van der Waals surface area contributed by atoms with Crippen molar-refractivity contribution in [1.29, 1.82) is 5.26 Å². The Hall–Kier alpha value is -1.86. The van der Waals surface area contributed by atoms with Gasteiger partial charge in [-0.1, -0.05) is 24.3 Å². The first-order valence-electron chi connectivity index (χ1n) is 4.68. The molecule has 15 heavy (non-hydrogen) atoms. The van der Waals surface area contributed by atoms with E-state index in [2.05, 4.69) is 5.32 Å². The van der Waals surface area contributed by atoms with Crippen LogP contribution in [-0.2, 0) is 17.8 Å². The zero-order valence-corrected chi connectivity index (χ0v) is 8.36. The average molecular weight is 203 g/mol. The molecule has 0 spiro atoms. The van der Waals surface area contributed by atoms with Crippen molar-refractivity contribution < 1.29 is 4.79 Å². The molecule has 3 N–H and O–H groups in total. The van der Waals surface area contributed by atoms with Gasteiger partial charge in [0.15, 0.2) is 0 Å². The molecule has 0 saturated carbocycles. The molecule has 4 nitrogen and oxygen atoms in total. The van der Waals surface area contributed by atoms with Crippen molar-refractivity contribution in [2.75, 3.05) is 6.54 Å². The molecule has 0 heterocycles. The first-order chi connectivity index (χ1) is 7.27. The third kappa shape index (κ3) is 3.41. The molecule has 0 aliphatic heterocycles. The second-order valence-electron chi connectivity index (χ2n) is 3.08. The van der Waals surface area contributed by atoms with Crippen LogP contribution in [0, 0.1) is 11.3 Å². The lowest BCUT2D eigenvalue weighted by molar-refractivity contribution is -0.120. The normalized spacial score (nSPS) is 9.33. The first-order valence-corrected chi connectivity index (χ1v) is 4.68. The van der Waals surface area contributed by atoms with Crippen LogP contribution in [0.1, 0.15) is 11.1 Å². The van der Waals surface area contributed by atoms with E-state index in [0.717, 1.165) is 11.1 Å². The Morgan fingerprint density at radius 1 is 1.40 bits per heavy atom. The summed E-state index contributed by atoms with van der Waals surface area (Å²) in [6.07, 6.45) is 0.273. The van der Waals surface area contributed by atoms with Gasteiger partial charge in [-0.15, -0.1) is 0 Å². The van der Waals surface area contributed by atoms with E-state index >= 15 is 0 Å². The van der Waals surface area contributed by atoms with E-state index in [1.165, 1.54) is 0 Å². The van der Waals surface area contributed by atoms with Gasteiger partial charge in [0.2, 0.25) is 5.91 Å². The lowest BCUT2D eigenvalue weighted by Crippen LogP contribution is -2.25. The molecular formula is C11H13N3O. The Morgan fingerprint density at radius 2 is 2.07 bits per heavy atom. The van der Waals surface area contributed by atoms with Crippen LogP contribution in [-0.4, -0.2) is 12.5 Å². The third-order valence-corrected chi connectivity index (χ3v) is 2.05. The van der Waals surface area contributed by atoms with Crippen LogP contribution < -0.4 is 11.1 Å². The standard InChI is InChI=1S/C11H13N3O/c12-5-6-14-11(15)7-9-3-1-2-4-10(9)8-13/h1-4H,6-8,13H2,(H,14,15). The summed E-state index contributed by atoms with van der Waals surface area (Å²) < 4.78 is 0. The fraction of sp³-hybridized carbons (Fsp3) is 0.273. The van der Waals surface area contributed by atoms with E-state index in [9.17, 15) is 4.79 Å². The Balaban J connectivity index is 2.64. The van der Waals surface area contributed by atoms with Crippen molar-refractivity contribution in [2.45, 2.75) is 13.0 Å². The summed E-state index contributed by atoms with van der Waals surface area (Å²) in [5.74, 6) is -0.155. The molecule has 0 aliphatic carbocycles. The number of amides is 1. The number of carbonyl (C=O) groups excluding carboxylic acids is 1. The van der Waals surface area contributed by atoms with Crippen molar-refractivity contribution in [3.05, 3.63) is 35.4 Å². The highest BCUT2D eigenvalue weighted by Crippen LogP contribution is 2.08. The molecule has 1 aromatic carbocycles. The summed E-state index contributed by atoms with van der Waals surface area (Å²) >= 11 is 0. The van der Waals surface area contributed by atoms with Crippen LogP contribution in [0.3, 0.4) is 0 Å². The Labute approximate surface area is 88.7 Å². The predicted octanol–water partition coefficient (Wildman–Crippen LogP) is 0.328. The summed E-state index contributed by atoms with van der Waals surface area (Å²) in [7, 11) is 0. The highest BCUT2D eigenvalue weighted by atomic mass is 16.1. The summed E-state index contributed by atoms with van der Waals surface area (Å²) in [5, 5.41) is 10.8. The zero-order valence-electron chi connectivity index (χ0n) is 8.36. The van der Waals surface area contributed by atoms with Gasteiger partial charge in [-0.05, 0) is 11.1 Å². The maximum absolute atomic E-state index is 11.3. The zero-order chi connectivity index (χ0) is 11.1. The molecule has 78 valence electrons. The van der Waals surface area contributed by atoms with Crippen molar-refractivity contribution in [3.63, 3.8) is 0 Å². The van der Waals surface area contributed by atoms with Gasteiger partial charge in [-0.3, -0.25) is 4.79 Å². The van der Waals surface area contributed by atoms with Gasteiger partial charge in [-0.25, -0.2) is 0 Å². The van der Waals surface area contributed by atoms with Gasteiger partial charge in [0.25, 0.3) is 0 Å². The molecule has 0 unspecified atom stereocenters. The van der Waals surface area contributed by atoms with E-state index in [4.69, 9.17) is 11.0 Å². The SMILES string of the molecule is N#CCNC(=O)Cc1ccccc1CN. The molecule has 0 radical (unpaired) electrons. The second-order valence-corrected chi connectivity index (χ2v) is 3.08. The summed E-state index contributed by atoms with van der Waals surface area (Å²) in [6.45, 7) is 0.464. The number of nitrogens with zero attached hydrogens (tertiary/aromatic N) is 1. The summed E-state index contributed by atoms with van der Waals surface area (Å²) in [5.41, 5.74) is 7.42. The average Bonchev–Trinajstić information content (AvgIpc) is 2.27. The van der Waals surface area contributed by atoms with Gasteiger partial charge in [0.05, 0.1) is 12.5 Å². The first kappa shape index (κ1) is 11.2. The minimum Gasteiger partial charge on any atom is -0.343 e. The molecule has 0 saturated heterocycles. The molecular weight excluding hydrogens is 190 g/mol. The van der Waals surface area contributed by atoms with Crippen molar-refractivity contribution in [2.24, 2.45) is 5.73 Å². The number of nitriles is 1. The number of nitrogens with one attached hydrogen (secondary N) is 1. The van der Waals surface area contributed by atoms with E-state index in [1.807, 2.05) is 30.3 Å². The van der Waals surface area contributed by atoms with Crippen LogP contribution >= 0.6 is 0 Å². The van der Waals surface area contributed by atoms with Crippen LogP contribution in [0.2, 0.25) is 0 Å². The van der Waals surface area contributed by atoms with Crippen LogP contribution in [0.15, 0.2) is 24.3 Å². The third-order valence-electron chi connectivity index (χ3n) is 2.05. The van der Waals surface area contributed by atoms with E-state index in [-0.39, 0.29) is 18.9 Å². The summed E-state index contributed by atoms with van der Waals surface area (Å²) in [4.78, 5) is 11.3. The fourth-order valence-corrected chi connectivity index (χ4v) is 1.30. The minimum absolute atomic E-state index is 0.0453. The predicted molar refractivity (Wildman–Crippen MR) is 56.7 cm³/mol. The van der Waals surface area contributed by atoms with Crippen LogP contribution in [0.4, 0.5) is 0 Å². The molecule has 1 rings (SSSR count). The van der Waals surface area contributed by atoms with Gasteiger partial charge in [0.1, 0.15) is 6.54 Å². The second kappa shape index (κ2) is 5.78. The molecule has 0 atom stereocenters. The quantitative estimate of drug-likeness (QED) is 0.692. The van der Waals surface area contributed by atoms with Crippen molar-refractivity contribution in [1.82, 2.24) is 5.32 Å². The van der Waals surface area contributed by atoms with Crippen LogP contribution in [0.5, 0.6) is 0 Å². The lowest BCUT2D eigenvalue weighted by atomic mass is 10.0. The van der Waals surface area contributed by atoms with Gasteiger partial charge >= 0.3 is 0 Å². The Morgan fingerprint density at radius 3 is 2.67 bits per heavy atom. The van der Waals surface area contributed by atoms with Crippen molar-refractivity contribution in [3.8, 4) is 6.07 Å². The lowest BCUT2D eigenvalue weighted by Gasteiger charge is -2.06. The molecule has 0 aliphatic rings. The largest absolute Gasteiger partial charge is 0.343 e. The number of benzene rings is 1.